The van der Waals surface area contributed by atoms with Gasteiger partial charge >= 0.3 is 18.0 Å². The van der Waals surface area contributed by atoms with Gasteiger partial charge in [0.25, 0.3) is 0 Å². The standard InChI is InChI=1S/C6H4F7N/c7-4(8,2-1-3-14)5(9,10)6(11,12)13/h1-2H2. The Balaban J connectivity index is 4.80. The van der Waals surface area contributed by atoms with Crippen molar-refractivity contribution >= 4 is 0 Å². The first kappa shape index (κ1) is 13.0. The number of nitrogens with zero attached hydrogens (tertiary/aromatic N) is 1. The van der Waals surface area contributed by atoms with Crippen LogP contribution in [0.1, 0.15) is 12.8 Å². The molecule has 14 heavy (non-hydrogen) atoms. The van der Waals surface area contributed by atoms with Crippen molar-refractivity contribution in [3.63, 3.8) is 0 Å². The summed E-state index contributed by atoms with van der Waals surface area (Å²) < 4.78 is 83.0. The smallest absolute Gasteiger partial charge is 0.199 e. The van der Waals surface area contributed by atoms with E-state index in [-0.39, 0.29) is 0 Å². The minimum absolute atomic E-state index is 1.07. The van der Waals surface area contributed by atoms with Gasteiger partial charge in [0, 0.05) is 12.8 Å². The van der Waals surface area contributed by atoms with E-state index in [0.29, 0.717) is 0 Å². The largest absolute Gasteiger partial charge is 0.459 e. The summed E-state index contributed by atoms with van der Waals surface area (Å²) in [6.45, 7) is 0. The van der Waals surface area contributed by atoms with Crippen molar-refractivity contribution in [2.24, 2.45) is 0 Å². The number of nitriles is 1. The fourth-order valence-electron chi connectivity index (χ4n) is 0.577. The fourth-order valence-corrected chi connectivity index (χ4v) is 0.577. The van der Waals surface area contributed by atoms with Gasteiger partial charge in [0.05, 0.1) is 6.07 Å². The van der Waals surface area contributed by atoms with Crippen molar-refractivity contribution in [1.82, 2.24) is 0 Å². The monoisotopic (exact) mass is 223 g/mol. The molecule has 0 aromatic rings. The lowest BCUT2D eigenvalue weighted by Crippen LogP contribution is -2.51. The van der Waals surface area contributed by atoms with Crippen molar-refractivity contribution in [3.8, 4) is 6.07 Å². The Morgan fingerprint density at radius 3 is 1.64 bits per heavy atom. The maximum absolute atomic E-state index is 12.3. The molecule has 0 saturated carbocycles. The first-order chi connectivity index (χ1) is 6.06. The summed E-state index contributed by atoms with van der Waals surface area (Å²) >= 11 is 0. The lowest BCUT2D eigenvalue weighted by molar-refractivity contribution is -0.355. The van der Waals surface area contributed by atoms with Crippen molar-refractivity contribution in [3.05, 3.63) is 0 Å². The maximum Gasteiger partial charge on any atom is 0.459 e. The molecular weight excluding hydrogens is 219 g/mol. The Kier molecular flexibility index (Phi) is 3.37. The summed E-state index contributed by atoms with van der Waals surface area (Å²) in [4.78, 5) is 0. The molecule has 0 aliphatic heterocycles. The Morgan fingerprint density at radius 1 is 0.929 bits per heavy atom. The van der Waals surface area contributed by atoms with Crippen LogP contribution in [0.5, 0.6) is 0 Å². The maximum atomic E-state index is 12.3. The first-order valence-electron chi connectivity index (χ1n) is 3.25. The van der Waals surface area contributed by atoms with Crippen molar-refractivity contribution in [2.45, 2.75) is 30.9 Å². The van der Waals surface area contributed by atoms with Crippen LogP contribution in [0.2, 0.25) is 0 Å². The summed E-state index contributed by atoms with van der Waals surface area (Å²) in [5, 5.41) is 7.79. The molecule has 0 atom stereocenters. The quantitative estimate of drug-likeness (QED) is 0.674. The molecule has 0 N–H and O–H groups in total. The number of hydrogen-bond donors (Lipinski definition) is 0. The SMILES string of the molecule is N#CCCC(F)(F)C(F)(F)C(F)(F)F. The Hall–Kier alpha value is -1.00. The third kappa shape index (κ3) is 2.27. The van der Waals surface area contributed by atoms with E-state index in [4.69, 9.17) is 5.26 Å². The van der Waals surface area contributed by atoms with E-state index in [2.05, 4.69) is 0 Å². The Bertz CT molecular complexity index is 236. The van der Waals surface area contributed by atoms with Gasteiger partial charge in [-0.1, -0.05) is 0 Å². The molecule has 0 rings (SSSR count). The molecule has 8 heteroatoms. The van der Waals surface area contributed by atoms with Crippen LogP contribution in [0.15, 0.2) is 0 Å². The zero-order chi connectivity index (χ0) is 11.6. The summed E-state index contributed by atoms with van der Waals surface area (Å²) in [6.07, 6.45) is -9.21. The summed E-state index contributed by atoms with van der Waals surface area (Å²) in [5.41, 5.74) is 0. The van der Waals surface area contributed by atoms with E-state index in [1.165, 1.54) is 0 Å². The summed E-state index contributed by atoms with van der Waals surface area (Å²) in [5.74, 6) is -11.3. The Labute approximate surface area is 74.1 Å². The average Bonchev–Trinajstić information content (AvgIpc) is 1.98. The molecule has 0 heterocycles. The van der Waals surface area contributed by atoms with Gasteiger partial charge < -0.3 is 0 Å². The van der Waals surface area contributed by atoms with Crippen LogP contribution >= 0.6 is 0 Å². The van der Waals surface area contributed by atoms with Crippen LogP contribution in [-0.2, 0) is 0 Å². The summed E-state index contributed by atoms with van der Waals surface area (Å²) in [7, 11) is 0. The predicted molar refractivity (Wildman–Crippen MR) is 30.8 cm³/mol. The molecule has 0 spiro atoms. The number of rotatable bonds is 3. The fraction of sp³-hybridized carbons (Fsp3) is 0.833. The molecule has 0 aliphatic carbocycles. The van der Waals surface area contributed by atoms with Crippen molar-refractivity contribution < 1.29 is 30.7 Å². The highest BCUT2D eigenvalue weighted by Crippen LogP contribution is 2.48. The van der Waals surface area contributed by atoms with E-state index >= 15 is 0 Å². The predicted octanol–water partition coefficient (Wildman–Crippen LogP) is 3.12. The summed E-state index contributed by atoms with van der Waals surface area (Å²) in [6, 6.07) is 1.07. The van der Waals surface area contributed by atoms with Gasteiger partial charge in [-0.15, -0.1) is 0 Å². The van der Waals surface area contributed by atoms with Crippen LogP contribution in [0.4, 0.5) is 30.7 Å². The van der Waals surface area contributed by atoms with Gasteiger partial charge in [-0.3, -0.25) is 0 Å². The third-order valence-electron chi connectivity index (χ3n) is 1.37. The molecule has 0 aromatic carbocycles. The topological polar surface area (TPSA) is 23.8 Å². The van der Waals surface area contributed by atoms with Crippen LogP contribution in [0.3, 0.4) is 0 Å². The van der Waals surface area contributed by atoms with Gasteiger partial charge in [0.2, 0.25) is 0 Å². The van der Waals surface area contributed by atoms with Gasteiger partial charge in [0.1, 0.15) is 0 Å². The number of alkyl halides is 7. The highest BCUT2D eigenvalue weighted by molar-refractivity contribution is 4.92. The van der Waals surface area contributed by atoms with E-state index in [1.807, 2.05) is 0 Å². The molecule has 0 bridgehead atoms. The van der Waals surface area contributed by atoms with Gasteiger partial charge in [-0.05, 0) is 0 Å². The third-order valence-corrected chi connectivity index (χ3v) is 1.37. The Morgan fingerprint density at radius 2 is 1.36 bits per heavy atom. The normalized spacial score (nSPS) is 13.9. The van der Waals surface area contributed by atoms with Crippen LogP contribution < -0.4 is 0 Å². The van der Waals surface area contributed by atoms with E-state index in [1.54, 1.807) is 0 Å². The molecule has 0 saturated heterocycles. The second-order valence-corrected chi connectivity index (χ2v) is 2.43. The average molecular weight is 223 g/mol. The molecule has 0 amide bonds. The van der Waals surface area contributed by atoms with E-state index < -0.39 is 30.9 Å². The number of hydrogen-bond acceptors (Lipinski definition) is 1. The van der Waals surface area contributed by atoms with Gasteiger partial charge in [-0.2, -0.15) is 36.0 Å². The van der Waals surface area contributed by atoms with Crippen molar-refractivity contribution in [2.75, 3.05) is 0 Å². The lowest BCUT2D eigenvalue weighted by atomic mass is 10.1. The van der Waals surface area contributed by atoms with Crippen LogP contribution in [-0.4, -0.2) is 18.0 Å². The molecule has 0 aromatic heterocycles. The molecule has 0 aliphatic rings. The van der Waals surface area contributed by atoms with Crippen LogP contribution in [0, 0.1) is 11.3 Å². The van der Waals surface area contributed by atoms with Gasteiger partial charge in [-0.25, -0.2) is 0 Å². The van der Waals surface area contributed by atoms with E-state index in [9.17, 15) is 30.7 Å². The zero-order valence-electron chi connectivity index (χ0n) is 6.51. The molecule has 1 nitrogen and oxygen atoms in total. The second-order valence-electron chi connectivity index (χ2n) is 2.43. The lowest BCUT2D eigenvalue weighted by Gasteiger charge is -2.27. The molecule has 0 fully saturated rings. The molecular formula is C6H4F7N. The number of halogens is 7. The highest BCUT2D eigenvalue weighted by atomic mass is 19.4. The van der Waals surface area contributed by atoms with Crippen molar-refractivity contribution in [1.29, 1.82) is 5.26 Å². The minimum atomic E-state index is -6.31. The molecule has 0 unspecified atom stereocenters. The van der Waals surface area contributed by atoms with Gasteiger partial charge in [0.15, 0.2) is 0 Å². The minimum Gasteiger partial charge on any atom is -0.199 e. The molecule has 82 valence electrons. The van der Waals surface area contributed by atoms with E-state index in [0.717, 1.165) is 6.07 Å². The van der Waals surface area contributed by atoms with Crippen LogP contribution in [0.25, 0.3) is 0 Å². The highest BCUT2D eigenvalue weighted by Gasteiger charge is 2.72. The second kappa shape index (κ2) is 3.63. The first-order valence-corrected chi connectivity index (χ1v) is 3.25. The molecule has 0 radical (unpaired) electrons. The zero-order valence-corrected chi connectivity index (χ0v) is 6.51.